The van der Waals surface area contributed by atoms with Crippen LogP contribution in [0.5, 0.6) is 0 Å². The highest BCUT2D eigenvalue weighted by atomic mass is 35.5. The van der Waals surface area contributed by atoms with Crippen LogP contribution in [0.15, 0.2) is 58.4 Å². The second-order valence-electron chi connectivity index (χ2n) is 5.54. The maximum absolute atomic E-state index is 12.4. The molecule has 0 amide bonds. The fourth-order valence-electron chi connectivity index (χ4n) is 2.29. The highest BCUT2D eigenvalue weighted by Crippen LogP contribution is 2.12. The topological polar surface area (TPSA) is 69.2 Å². The van der Waals surface area contributed by atoms with Crippen LogP contribution in [-0.4, -0.2) is 26.6 Å². The summed E-state index contributed by atoms with van der Waals surface area (Å²) in [4.78, 5) is 24.1. The fraction of sp³-hybridized carbons (Fsp3) is 0.111. The van der Waals surface area contributed by atoms with Crippen LogP contribution in [0.4, 0.5) is 0 Å². The molecule has 0 saturated carbocycles. The molecular formula is C18H14Cl2N4O2. The second kappa shape index (κ2) is 7.68. The van der Waals surface area contributed by atoms with Gasteiger partial charge in [-0.2, -0.15) is 9.78 Å². The normalized spacial score (nSPS) is 11.2. The summed E-state index contributed by atoms with van der Waals surface area (Å²) in [6, 6.07) is 14.1. The molecular weight excluding hydrogens is 375 g/mol. The Morgan fingerprint density at radius 2 is 1.65 bits per heavy atom. The van der Waals surface area contributed by atoms with Crippen molar-refractivity contribution in [1.29, 1.82) is 0 Å². The summed E-state index contributed by atoms with van der Waals surface area (Å²) >= 11 is 11.8. The van der Waals surface area contributed by atoms with Gasteiger partial charge in [0.05, 0.1) is 6.21 Å². The van der Waals surface area contributed by atoms with Crippen molar-refractivity contribution >= 4 is 35.3 Å². The third-order valence-electron chi connectivity index (χ3n) is 3.59. The van der Waals surface area contributed by atoms with Crippen LogP contribution in [0, 0.1) is 0 Å². The molecule has 6 nitrogen and oxygen atoms in total. The summed E-state index contributed by atoms with van der Waals surface area (Å²) in [6.07, 6.45) is 1.83. The van der Waals surface area contributed by atoms with E-state index < -0.39 is 11.6 Å². The third kappa shape index (κ3) is 4.09. The van der Waals surface area contributed by atoms with Crippen molar-refractivity contribution in [1.82, 2.24) is 14.5 Å². The van der Waals surface area contributed by atoms with E-state index in [1.165, 1.54) is 13.1 Å². The fourth-order valence-corrected chi connectivity index (χ4v) is 2.54. The van der Waals surface area contributed by atoms with Crippen molar-refractivity contribution < 1.29 is 4.79 Å². The maximum atomic E-state index is 12.4. The van der Waals surface area contributed by atoms with Gasteiger partial charge in [-0.3, -0.25) is 4.79 Å². The summed E-state index contributed by atoms with van der Waals surface area (Å²) in [6.45, 7) is 1.27. The van der Waals surface area contributed by atoms with Crippen molar-refractivity contribution in [3.8, 4) is 0 Å². The van der Waals surface area contributed by atoms with Crippen molar-refractivity contribution in [2.75, 3.05) is 0 Å². The molecule has 2 aromatic carbocycles. The van der Waals surface area contributed by atoms with Crippen molar-refractivity contribution in [3.05, 3.63) is 86.0 Å². The van der Waals surface area contributed by atoms with Gasteiger partial charge in [0, 0.05) is 23.4 Å². The standard InChI is InChI=1S/C18H14Cl2N4O2/c1-12(25)23-18(26)24(21-11-14-4-8-16(20)9-5-14)17(22-23)10-13-2-6-15(19)7-3-13/h2-9,11H,10H2,1H3/b21-11+. The Morgan fingerprint density at radius 3 is 2.23 bits per heavy atom. The first-order valence-electron chi connectivity index (χ1n) is 7.70. The Balaban J connectivity index is 1.99. The van der Waals surface area contributed by atoms with Crippen LogP contribution < -0.4 is 5.69 Å². The predicted octanol–water partition coefficient (Wildman–Crippen LogP) is 3.48. The van der Waals surface area contributed by atoms with Gasteiger partial charge in [-0.1, -0.05) is 47.5 Å². The largest absolute Gasteiger partial charge is 0.374 e. The van der Waals surface area contributed by atoms with Gasteiger partial charge in [-0.15, -0.1) is 9.78 Å². The molecule has 26 heavy (non-hydrogen) atoms. The Kier molecular flexibility index (Phi) is 5.35. The first-order chi connectivity index (χ1) is 12.4. The molecule has 3 rings (SSSR count). The molecule has 0 unspecified atom stereocenters. The van der Waals surface area contributed by atoms with Gasteiger partial charge in [-0.05, 0) is 35.4 Å². The molecule has 0 aliphatic heterocycles. The summed E-state index contributed by atoms with van der Waals surface area (Å²) < 4.78 is 1.91. The summed E-state index contributed by atoms with van der Waals surface area (Å²) in [5.41, 5.74) is 1.03. The number of benzene rings is 2. The average Bonchev–Trinajstić information content (AvgIpc) is 2.92. The number of aromatic nitrogens is 3. The van der Waals surface area contributed by atoms with E-state index in [-0.39, 0.29) is 0 Å². The molecule has 0 atom stereocenters. The highest BCUT2D eigenvalue weighted by Gasteiger charge is 2.15. The van der Waals surface area contributed by atoms with E-state index in [1.807, 2.05) is 12.1 Å². The lowest BCUT2D eigenvalue weighted by Gasteiger charge is -2.01. The van der Waals surface area contributed by atoms with Crippen molar-refractivity contribution in [2.24, 2.45) is 5.10 Å². The minimum atomic E-state index is -0.619. The van der Waals surface area contributed by atoms with Gasteiger partial charge in [0.1, 0.15) is 0 Å². The number of carbonyl (C=O) groups is 1. The van der Waals surface area contributed by atoms with Crippen molar-refractivity contribution in [3.63, 3.8) is 0 Å². The highest BCUT2D eigenvalue weighted by molar-refractivity contribution is 6.30. The molecule has 0 aliphatic rings. The second-order valence-corrected chi connectivity index (χ2v) is 6.41. The number of nitrogens with zero attached hydrogens (tertiary/aromatic N) is 4. The molecule has 0 radical (unpaired) electrons. The smallest absolute Gasteiger partial charge is 0.273 e. The number of hydrogen-bond acceptors (Lipinski definition) is 4. The van der Waals surface area contributed by atoms with Gasteiger partial charge in [0.15, 0.2) is 5.82 Å². The Hall–Kier alpha value is -2.70. The lowest BCUT2D eigenvalue weighted by molar-refractivity contribution is 0.0915. The first-order valence-corrected chi connectivity index (χ1v) is 8.46. The quantitative estimate of drug-likeness (QED) is 0.642. The Labute approximate surface area is 159 Å². The molecule has 3 aromatic rings. The monoisotopic (exact) mass is 388 g/mol. The molecule has 0 bridgehead atoms. The Morgan fingerprint density at radius 1 is 1.08 bits per heavy atom. The van der Waals surface area contributed by atoms with Gasteiger partial charge in [-0.25, -0.2) is 4.79 Å². The van der Waals surface area contributed by atoms with Crippen LogP contribution in [-0.2, 0) is 6.42 Å². The van der Waals surface area contributed by atoms with E-state index in [4.69, 9.17) is 23.2 Å². The maximum Gasteiger partial charge on any atom is 0.374 e. The molecule has 1 aromatic heterocycles. The lowest BCUT2D eigenvalue weighted by Crippen LogP contribution is -2.27. The summed E-state index contributed by atoms with van der Waals surface area (Å²) in [7, 11) is 0. The molecule has 0 aliphatic carbocycles. The zero-order chi connectivity index (χ0) is 18.7. The summed E-state index contributed by atoms with van der Waals surface area (Å²) in [5, 5.41) is 9.52. The van der Waals surface area contributed by atoms with Gasteiger partial charge in [0.2, 0.25) is 5.91 Å². The predicted molar refractivity (Wildman–Crippen MR) is 101 cm³/mol. The van der Waals surface area contributed by atoms with E-state index in [2.05, 4.69) is 10.2 Å². The average molecular weight is 389 g/mol. The first kappa shape index (κ1) is 18.1. The van der Waals surface area contributed by atoms with Crippen LogP contribution in [0.2, 0.25) is 10.0 Å². The SMILES string of the molecule is CC(=O)n1nc(Cc2ccc(Cl)cc2)n(/N=C/c2ccc(Cl)cc2)c1=O. The molecule has 132 valence electrons. The number of carbonyl (C=O) groups excluding carboxylic acids is 1. The van der Waals surface area contributed by atoms with Crippen molar-refractivity contribution in [2.45, 2.75) is 13.3 Å². The van der Waals surface area contributed by atoms with Crippen LogP contribution >= 0.6 is 23.2 Å². The lowest BCUT2D eigenvalue weighted by atomic mass is 10.1. The number of hydrogen-bond donors (Lipinski definition) is 0. The van der Waals surface area contributed by atoms with E-state index in [0.29, 0.717) is 22.3 Å². The van der Waals surface area contributed by atoms with Gasteiger partial charge in [0.25, 0.3) is 0 Å². The molecule has 0 spiro atoms. The molecule has 0 saturated heterocycles. The van der Waals surface area contributed by atoms with Gasteiger partial charge < -0.3 is 0 Å². The number of rotatable bonds is 4. The number of halogens is 2. The molecule has 0 fully saturated rings. The summed E-state index contributed by atoms with van der Waals surface area (Å²) in [5.74, 6) is -0.134. The van der Waals surface area contributed by atoms with Crippen LogP contribution in [0.3, 0.4) is 0 Å². The van der Waals surface area contributed by atoms with Crippen LogP contribution in [0.25, 0.3) is 0 Å². The van der Waals surface area contributed by atoms with E-state index in [0.717, 1.165) is 20.5 Å². The van der Waals surface area contributed by atoms with Gasteiger partial charge >= 0.3 is 5.69 Å². The third-order valence-corrected chi connectivity index (χ3v) is 4.09. The van der Waals surface area contributed by atoms with Crippen LogP contribution in [0.1, 0.15) is 28.7 Å². The van der Waals surface area contributed by atoms with E-state index in [1.54, 1.807) is 36.4 Å². The molecule has 0 N–H and O–H groups in total. The van der Waals surface area contributed by atoms with E-state index >= 15 is 0 Å². The van der Waals surface area contributed by atoms with E-state index in [9.17, 15) is 9.59 Å². The zero-order valence-electron chi connectivity index (χ0n) is 13.8. The Bertz CT molecular complexity index is 1020. The molecule has 8 heteroatoms. The molecule has 1 heterocycles. The minimum absolute atomic E-state index is 0.324. The zero-order valence-corrected chi connectivity index (χ0v) is 15.3. The minimum Gasteiger partial charge on any atom is -0.273 e.